The number of halogens is 1. The molecular formula is C17H15FN2O2S. The van der Waals surface area contributed by atoms with E-state index in [1.165, 1.54) is 17.4 Å². The van der Waals surface area contributed by atoms with Crippen LogP contribution < -0.4 is 10.3 Å². The van der Waals surface area contributed by atoms with Crippen molar-refractivity contribution in [2.75, 3.05) is 6.61 Å². The van der Waals surface area contributed by atoms with Crippen LogP contribution in [-0.4, -0.2) is 16.6 Å². The third-order valence-corrected chi connectivity index (χ3v) is 4.15. The number of hydrogen-bond donors (Lipinski definition) is 1. The monoisotopic (exact) mass is 330 g/mol. The van der Waals surface area contributed by atoms with E-state index in [0.717, 1.165) is 5.57 Å². The Morgan fingerprint density at radius 1 is 1.43 bits per heavy atom. The van der Waals surface area contributed by atoms with Crippen LogP contribution in [0.15, 0.2) is 34.4 Å². The molecule has 2 heterocycles. The molecule has 0 bridgehead atoms. The molecule has 23 heavy (non-hydrogen) atoms. The van der Waals surface area contributed by atoms with E-state index in [1.807, 2.05) is 12.3 Å². The van der Waals surface area contributed by atoms with E-state index in [2.05, 4.69) is 9.97 Å². The number of fused-ring (bicyclic) bond motifs is 1. The number of thiophene rings is 1. The van der Waals surface area contributed by atoms with E-state index in [4.69, 9.17) is 4.74 Å². The number of aromatic amines is 1. The van der Waals surface area contributed by atoms with Crippen molar-refractivity contribution in [3.05, 3.63) is 57.2 Å². The Balaban J connectivity index is 1.97. The molecule has 6 heteroatoms. The number of aromatic nitrogens is 2. The van der Waals surface area contributed by atoms with Crippen LogP contribution in [0, 0.1) is 5.82 Å². The van der Waals surface area contributed by atoms with Crippen molar-refractivity contribution in [3.63, 3.8) is 0 Å². The van der Waals surface area contributed by atoms with E-state index in [9.17, 15) is 9.18 Å². The van der Waals surface area contributed by atoms with Gasteiger partial charge in [0, 0.05) is 0 Å². The smallest absolute Gasteiger partial charge is 0.259 e. The van der Waals surface area contributed by atoms with Gasteiger partial charge in [-0.2, -0.15) is 0 Å². The highest BCUT2D eigenvalue weighted by atomic mass is 32.1. The lowest BCUT2D eigenvalue weighted by Crippen LogP contribution is -2.09. The molecule has 0 aliphatic carbocycles. The molecule has 2 aromatic heterocycles. The first-order valence-corrected chi connectivity index (χ1v) is 8.05. The number of rotatable bonds is 4. The summed E-state index contributed by atoms with van der Waals surface area (Å²) in [6.45, 7) is 4.04. The Morgan fingerprint density at radius 2 is 2.26 bits per heavy atom. The summed E-state index contributed by atoms with van der Waals surface area (Å²) in [6, 6.07) is 6.50. The first-order chi connectivity index (χ1) is 11.1. The van der Waals surface area contributed by atoms with E-state index >= 15 is 0 Å². The van der Waals surface area contributed by atoms with Crippen LogP contribution in [0.25, 0.3) is 21.9 Å². The number of nitrogens with zero attached hydrogens (tertiary/aromatic N) is 1. The topological polar surface area (TPSA) is 55.0 Å². The summed E-state index contributed by atoms with van der Waals surface area (Å²) in [5.74, 6) is 0.302. The molecule has 0 amide bonds. The highest BCUT2D eigenvalue weighted by Gasteiger charge is 2.07. The average Bonchev–Trinajstić information content (AvgIpc) is 2.99. The van der Waals surface area contributed by atoms with Gasteiger partial charge in [-0.25, -0.2) is 9.37 Å². The Bertz CT molecular complexity index is 943. The number of benzene rings is 1. The molecule has 3 aromatic rings. The van der Waals surface area contributed by atoms with Gasteiger partial charge in [-0.3, -0.25) is 4.79 Å². The van der Waals surface area contributed by atoms with E-state index in [0.29, 0.717) is 28.2 Å². The van der Waals surface area contributed by atoms with Crippen LogP contribution in [-0.2, 0) is 0 Å². The minimum atomic E-state index is -0.413. The molecule has 0 saturated carbocycles. The van der Waals surface area contributed by atoms with Crippen LogP contribution in [0.5, 0.6) is 5.75 Å². The molecule has 4 nitrogen and oxygen atoms in total. The molecule has 0 radical (unpaired) electrons. The van der Waals surface area contributed by atoms with Gasteiger partial charge in [-0.1, -0.05) is 6.07 Å². The van der Waals surface area contributed by atoms with E-state index < -0.39 is 5.82 Å². The molecule has 1 N–H and O–H groups in total. The number of ether oxygens (including phenoxy) is 1. The van der Waals surface area contributed by atoms with Gasteiger partial charge in [0.05, 0.1) is 12.0 Å². The van der Waals surface area contributed by atoms with Crippen molar-refractivity contribution in [2.45, 2.75) is 13.8 Å². The second kappa shape index (κ2) is 6.34. The quantitative estimate of drug-likeness (QED) is 0.784. The highest BCUT2D eigenvalue weighted by molar-refractivity contribution is 7.16. The molecule has 0 spiro atoms. The number of hydrogen-bond acceptors (Lipinski definition) is 4. The molecule has 3 rings (SSSR count). The lowest BCUT2D eigenvalue weighted by molar-refractivity contribution is 0.321. The van der Waals surface area contributed by atoms with Crippen LogP contribution in [0.4, 0.5) is 4.39 Å². The maximum absolute atomic E-state index is 13.9. The number of nitrogens with one attached hydrogen (secondary N) is 1. The van der Waals surface area contributed by atoms with E-state index in [-0.39, 0.29) is 11.3 Å². The third-order valence-electron chi connectivity index (χ3n) is 3.35. The molecule has 0 saturated heterocycles. The molecule has 0 unspecified atom stereocenters. The van der Waals surface area contributed by atoms with Gasteiger partial charge in [0.1, 0.15) is 10.7 Å². The highest BCUT2D eigenvalue weighted by Crippen LogP contribution is 2.22. The predicted molar refractivity (Wildman–Crippen MR) is 91.4 cm³/mol. The third kappa shape index (κ3) is 3.17. The van der Waals surface area contributed by atoms with Crippen LogP contribution in [0.1, 0.15) is 25.2 Å². The van der Waals surface area contributed by atoms with Crippen LogP contribution >= 0.6 is 11.3 Å². The Labute approximate surface area is 136 Å². The zero-order chi connectivity index (χ0) is 16.4. The summed E-state index contributed by atoms with van der Waals surface area (Å²) < 4.78 is 19.1. The van der Waals surface area contributed by atoms with Gasteiger partial charge in [-0.05, 0) is 54.6 Å². The lowest BCUT2D eigenvalue weighted by atomic mass is 10.1. The summed E-state index contributed by atoms with van der Waals surface area (Å²) in [7, 11) is 0. The Morgan fingerprint density at radius 3 is 3.00 bits per heavy atom. The number of H-pyrrole nitrogens is 1. The summed E-state index contributed by atoms with van der Waals surface area (Å²) in [5, 5.41) is 2.41. The fourth-order valence-corrected chi connectivity index (χ4v) is 3.01. The SMILES string of the molecule is CCOc1ccc(C=C(C)c2nc3sccc3c(=O)[nH]2)cc1F. The van der Waals surface area contributed by atoms with Crippen molar-refractivity contribution >= 4 is 33.2 Å². The van der Waals surface area contributed by atoms with Crippen molar-refractivity contribution in [1.82, 2.24) is 9.97 Å². The molecule has 0 fully saturated rings. The van der Waals surface area contributed by atoms with Crippen molar-refractivity contribution in [3.8, 4) is 5.75 Å². The summed E-state index contributed by atoms with van der Waals surface area (Å²) >= 11 is 1.41. The Kier molecular flexibility index (Phi) is 4.25. The van der Waals surface area contributed by atoms with Gasteiger partial charge in [-0.15, -0.1) is 11.3 Å². The van der Waals surface area contributed by atoms with Crippen LogP contribution in [0.3, 0.4) is 0 Å². The van der Waals surface area contributed by atoms with Gasteiger partial charge in [0.25, 0.3) is 5.56 Å². The largest absolute Gasteiger partial charge is 0.491 e. The molecule has 1 aromatic carbocycles. The average molecular weight is 330 g/mol. The molecule has 0 aliphatic heterocycles. The standard InChI is InChI=1S/C17H15FN2O2S/c1-3-22-14-5-4-11(9-13(14)18)8-10(2)15-19-16(21)12-6-7-23-17(12)20-15/h4-9H,3H2,1-2H3,(H,19,20,21). The lowest BCUT2D eigenvalue weighted by Gasteiger charge is -2.06. The Hall–Kier alpha value is -2.47. The van der Waals surface area contributed by atoms with Crippen molar-refractivity contribution in [1.29, 1.82) is 0 Å². The molecular weight excluding hydrogens is 315 g/mol. The first-order valence-electron chi connectivity index (χ1n) is 7.17. The van der Waals surface area contributed by atoms with Crippen molar-refractivity contribution < 1.29 is 9.13 Å². The second-order valence-electron chi connectivity index (χ2n) is 5.00. The van der Waals surface area contributed by atoms with Crippen LogP contribution in [0.2, 0.25) is 0 Å². The zero-order valence-corrected chi connectivity index (χ0v) is 13.5. The first kappa shape index (κ1) is 15.4. The summed E-state index contributed by atoms with van der Waals surface area (Å²) in [6.07, 6.45) is 1.77. The van der Waals surface area contributed by atoms with E-state index in [1.54, 1.807) is 31.2 Å². The number of allylic oxidation sites excluding steroid dienone is 1. The summed E-state index contributed by atoms with van der Waals surface area (Å²) in [5.41, 5.74) is 1.26. The second-order valence-corrected chi connectivity index (χ2v) is 5.90. The minimum Gasteiger partial charge on any atom is -0.491 e. The van der Waals surface area contributed by atoms with Gasteiger partial charge in [0.2, 0.25) is 0 Å². The predicted octanol–water partition coefficient (Wildman–Crippen LogP) is 4.08. The molecule has 0 aliphatic rings. The maximum Gasteiger partial charge on any atom is 0.259 e. The van der Waals surface area contributed by atoms with Gasteiger partial charge in [0.15, 0.2) is 11.6 Å². The van der Waals surface area contributed by atoms with Gasteiger partial charge < -0.3 is 9.72 Å². The molecule has 118 valence electrons. The van der Waals surface area contributed by atoms with Gasteiger partial charge >= 0.3 is 0 Å². The zero-order valence-electron chi connectivity index (χ0n) is 12.7. The maximum atomic E-state index is 13.9. The normalized spacial score (nSPS) is 11.9. The fourth-order valence-electron chi connectivity index (χ4n) is 2.25. The fraction of sp³-hybridized carbons (Fsp3) is 0.176. The summed E-state index contributed by atoms with van der Waals surface area (Å²) in [4.78, 5) is 19.9. The molecule has 0 atom stereocenters. The van der Waals surface area contributed by atoms with Crippen molar-refractivity contribution in [2.24, 2.45) is 0 Å². The minimum absolute atomic E-state index is 0.170.